The molecule has 0 aliphatic carbocycles. The number of likely N-dealkylation sites (tertiary alicyclic amines) is 1. The number of hydrogen-bond donors (Lipinski definition) is 1. The molecule has 0 saturated carbocycles. The summed E-state index contributed by atoms with van der Waals surface area (Å²) in [5.41, 5.74) is 0.354. The molecule has 1 unspecified atom stereocenters. The minimum atomic E-state index is 0.354. The van der Waals surface area contributed by atoms with Crippen LogP contribution >= 0.6 is 0 Å². The quantitative estimate of drug-likeness (QED) is 0.703. The van der Waals surface area contributed by atoms with Crippen molar-refractivity contribution in [2.45, 2.75) is 39.2 Å². The molecule has 1 heterocycles. The molecule has 1 fully saturated rings. The second kappa shape index (κ2) is 4.43. The van der Waals surface area contributed by atoms with Crippen molar-refractivity contribution < 1.29 is 0 Å². The third kappa shape index (κ3) is 3.28. The summed E-state index contributed by atoms with van der Waals surface area (Å²) in [6, 6.07) is 0. The molecule has 0 aromatic rings. The number of rotatable bonds is 2. The molecule has 2 nitrogen and oxygen atoms in total. The van der Waals surface area contributed by atoms with Crippen molar-refractivity contribution in [3.8, 4) is 0 Å². The lowest BCUT2D eigenvalue weighted by molar-refractivity contribution is 0.0794. The first-order valence-corrected chi connectivity index (χ1v) is 5.43. The van der Waals surface area contributed by atoms with E-state index >= 15 is 0 Å². The Kier molecular flexibility index (Phi) is 3.74. The molecule has 2 heteroatoms. The molecule has 1 aliphatic heterocycles. The van der Waals surface area contributed by atoms with Crippen molar-refractivity contribution in [1.82, 2.24) is 10.2 Å². The van der Waals surface area contributed by atoms with Crippen molar-refractivity contribution >= 4 is 0 Å². The first-order valence-electron chi connectivity index (χ1n) is 5.43. The maximum absolute atomic E-state index is 3.28. The molecule has 1 atom stereocenters. The van der Waals surface area contributed by atoms with Crippen LogP contribution in [0.2, 0.25) is 0 Å². The van der Waals surface area contributed by atoms with Crippen LogP contribution in [0.5, 0.6) is 0 Å². The third-order valence-corrected chi connectivity index (χ3v) is 2.96. The molecule has 0 aromatic carbocycles. The molecule has 1 N–H and O–H groups in total. The van der Waals surface area contributed by atoms with Crippen LogP contribution in [-0.4, -0.2) is 37.1 Å². The van der Waals surface area contributed by atoms with Gasteiger partial charge < -0.3 is 5.32 Å². The molecule has 78 valence electrons. The van der Waals surface area contributed by atoms with Gasteiger partial charge in [-0.3, -0.25) is 4.90 Å². The highest BCUT2D eigenvalue weighted by Crippen LogP contribution is 2.22. The van der Waals surface area contributed by atoms with Gasteiger partial charge in [-0.05, 0) is 59.7 Å². The number of hydrogen-bond acceptors (Lipinski definition) is 2. The Balaban J connectivity index is 2.42. The Morgan fingerprint density at radius 2 is 2.08 bits per heavy atom. The zero-order valence-electron chi connectivity index (χ0n) is 9.56. The van der Waals surface area contributed by atoms with Gasteiger partial charge in [0.2, 0.25) is 0 Å². The van der Waals surface area contributed by atoms with E-state index in [4.69, 9.17) is 0 Å². The summed E-state index contributed by atoms with van der Waals surface area (Å²) in [4.78, 5) is 2.61. The zero-order chi connectivity index (χ0) is 9.90. The Labute approximate surface area is 82.7 Å². The van der Waals surface area contributed by atoms with Gasteiger partial charge >= 0.3 is 0 Å². The van der Waals surface area contributed by atoms with Crippen molar-refractivity contribution in [1.29, 1.82) is 0 Å². The van der Waals surface area contributed by atoms with Gasteiger partial charge in [0.25, 0.3) is 0 Å². The van der Waals surface area contributed by atoms with Crippen molar-refractivity contribution in [3.63, 3.8) is 0 Å². The first kappa shape index (κ1) is 11.0. The molecule has 0 bridgehead atoms. The van der Waals surface area contributed by atoms with Crippen molar-refractivity contribution in [2.24, 2.45) is 5.92 Å². The summed E-state index contributed by atoms with van der Waals surface area (Å²) in [6.45, 7) is 10.7. The van der Waals surface area contributed by atoms with E-state index in [1.807, 2.05) is 0 Å². The van der Waals surface area contributed by atoms with Crippen LogP contribution in [0.3, 0.4) is 0 Å². The molecular weight excluding hydrogens is 160 g/mol. The van der Waals surface area contributed by atoms with Crippen LogP contribution in [0.4, 0.5) is 0 Å². The van der Waals surface area contributed by atoms with Crippen LogP contribution in [0.1, 0.15) is 33.6 Å². The van der Waals surface area contributed by atoms with Crippen LogP contribution in [0.25, 0.3) is 0 Å². The van der Waals surface area contributed by atoms with Gasteiger partial charge in [0.15, 0.2) is 0 Å². The first-order chi connectivity index (χ1) is 6.04. The van der Waals surface area contributed by atoms with E-state index in [2.05, 4.69) is 38.0 Å². The van der Waals surface area contributed by atoms with Gasteiger partial charge in [-0.25, -0.2) is 0 Å². The average molecular weight is 184 g/mol. The summed E-state index contributed by atoms with van der Waals surface area (Å²) in [5, 5.41) is 3.28. The fraction of sp³-hybridized carbons (Fsp3) is 1.00. The highest BCUT2D eigenvalue weighted by atomic mass is 15.2. The Bertz CT molecular complexity index is 147. The fourth-order valence-electron chi connectivity index (χ4n) is 2.13. The summed E-state index contributed by atoms with van der Waals surface area (Å²) in [7, 11) is 2.05. The predicted octanol–water partition coefficient (Wildman–Crippen LogP) is 1.72. The van der Waals surface area contributed by atoms with E-state index < -0.39 is 0 Å². The second-order valence-corrected chi connectivity index (χ2v) is 5.18. The molecule has 0 aromatic heterocycles. The van der Waals surface area contributed by atoms with E-state index in [-0.39, 0.29) is 0 Å². The van der Waals surface area contributed by atoms with Gasteiger partial charge in [-0.2, -0.15) is 0 Å². The summed E-state index contributed by atoms with van der Waals surface area (Å²) in [6.07, 6.45) is 2.76. The Morgan fingerprint density at radius 3 is 2.62 bits per heavy atom. The second-order valence-electron chi connectivity index (χ2n) is 5.18. The van der Waals surface area contributed by atoms with Gasteiger partial charge in [-0.1, -0.05) is 0 Å². The standard InChI is InChI=1S/C11H24N2/c1-11(2,3)13-7-5-6-10(9-13)8-12-4/h10,12H,5-9H2,1-4H3. The number of piperidine rings is 1. The predicted molar refractivity (Wildman–Crippen MR) is 58.0 cm³/mol. The topological polar surface area (TPSA) is 15.3 Å². The zero-order valence-corrected chi connectivity index (χ0v) is 9.56. The van der Waals surface area contributed by atoms with E-state index in [1.165, 1.54) is 32.5 Å². The Hall–Kier alpha value is -0.0800. The molecular formula is C11H24N2. The molecule has 0 radical (unpaired) electrons. The van der Waals surface area contributed by atoms with Gasteiger partial charge in [0, 0.05) is 12.1 Å². The third-order valence-electron chi connectivity index (χ3n) is 2.96. The van der Waals surface area contributed by atoms with E-state index in [9.17, 15) is 0 Å². The maximum atomic E-state index is 3.28. The fourth-order valence-corrected chi connectivity index (χ4v) is 2.13. The molecule has 0 spiro atoms. The molecule has 1 rings (SSSR count). The minimum absolute atomic E-state index is 0.354. The van der Waals surface area contributed by atoms with E-state index in [0.29, 0.717) is 5.54 Å². The van der Waals surface area contributed by atoms with Gasteiger partial charge in [0.05, 0.1) is 0 Å². The number of nitrogens with zero attached hydrogens (tertiary/aromatic N) is 1. The van der Waals surface area contributed by atoms with E-state index in [0.717, 1.165) is 5.92 Å². The van der Waals surface area contributed by atoms with Crippen LogP contribution in [0.15, 0.2) is 0 Å². The maximum Gasteiger partial charge on any atom is 0.0125 e. The van der Waals surface area contributed by atoms with Crippen LogP contribution in [0, 0.1) is 5.92 Å². The largest absolute Gasteiger partial charge is 0.319 e. The van der Waals surface area contributed by atoms with E-state index in [1.54, 1.807) is 0 Å². The minimum Gasteiger partial charge on any atom is -0.319 e. The summed E-state index contributed by atoms with van der Waals surface area (Å²) >= 11 is 0. The monoisotopic (exact) mass is 184 g/mol. The Morgan fingerprint density at radius 1 is 1.38 bits per heavy atom. The normalized spacial score (nSPS) is 26.3. The highest BCUT2D eigenvalue weighted by molar-refractivity contribution is 4.82. The molecule has 0 amide bonds. The average Bonchev–Trinajstić information content (AvgIpc) is 2.04. The van der Waals surface area contributed by atoms with Crippen LogP contribution < -0.4 is 5.32 Å². The molecule has 1 aliphatic rings. The van der Waals surface area contributed by atoms with Gasteiger partial charge in [0.1, 0.15) is 0 Å². The lowest BCUT2D eigenvalue weighted by atomic mass is 9.93. The highest BCUT2D eigenvalue weighted by Gasteiger charge is 2.27. The SMILES string of the molecule is CNCC1CCCN(C(C)(C)C)C1. The molecule has 13 heavy (non-hydrogen) atoms. The van der Waals surface area contributed by atoms with Crippen molar-refractivity contribution in [3.05, 3.63) is 0 Å². The van der Waals surface area contributed by atoms with Crippen LogP contribution in [-0.2, 0) is 0 Å². The van der Waals surface area contributed by atoms with Gasteiger partial charge in [-0.15, -0.1) is 0 Å². The van der Waals surface area contributed by atoms with Crippen molar-refractivity contribution in [2.75, 3.05) is 26.7 Å². The number of nitrogens with one attached hydrogen (secondary N) is 1. The lowest BCUT2D eigenvalue weighted by Crippen LogP contribution is -2.48. The smallest absolute Gasteiger partial charge is 0.0125 e. The summed E-state index contributed by atoms with van der Waals surface area (Å²) in [5.74, 6) is 0.859. The lowest BCUT2D eigenvalue weighted by Gasteiger charge is -2.41. The summed E-state index contributed by atoms with van der Waals surface area (Å²) < 4.78 is 0. The molecule has 1 saturated heterocycles.